The quantitative estimate of drug-likeness (QED) is 0.549. The van der Waals surface area contributed by atoms with Gasteiger partial charge in [-0.05, 0) is 34.0 Å². The van der Waals surface area contributed by atoms with Crippen LogP contribution >= 0.6 is 11.6 Å². The first-order valence-electron chi connectivity index (χ1n) is 5.58. The molecule has 0 heterocycles. The van der Waals surface area contributed by atoms with Crippen LogP contribution in [-0.4, -0.2) is 0 Å². The predicted octanol–water partition coefficient (Wildman–Crippen LogP) is 5.16. The molecule has 17 heavy (non-hydrogen) atoms. The van der Waals surface area contributed by atoms with Crippen molar-refractivity contribution in [3.63, 3.8) is 0 Å². The molecule has 0 aromatic heterocycles. The highest BCUT2D eigenvalue weighted by atomic mass is 35.5. The molecule has 0 atom stereocenters. The number of benzene rings is 3. The molecule has 1 heteroatoms. The average Bonchev–Trinajstić information content (AvgIpc) is 2.39. The molecule has 3 aromatic carbocycles. The Balaban J connectivity index is 2.31. The van der Waals surface area contributed by atoms with Gasteiger partial charge in [-0.25, -0.2) is 0 Å². The van der Waals surface area contributed by atoms with E-state index in [1.165, 1.54) is 21.9 Å². The summed E-state index contributed by atoms with van der Waals surface area (Å²) in [5.74, 6) is 0. The maximum Gasteiger partial charge on any atom is 0.0412 e. The molecule has 0 radical (unpaired) electrons. The average molecular weight is 239 g/mol. The third kappa shape index (κ3) is 1.92. The first-order chi connectivity index (χ1) is 8.34. The largest absolute Gasteiger partial charge is 0.0843 e. The third-order valence-corrected chi connectivity index (χ3v) is 3.16. The zero-order chi connectivity index (χ0) is 11.7. The van der Waals surface area contributed by atoms with E-state index in [1.54, 1.807) is 0 Å². The molecule has 0 amide bonds. The summed E-state index contributed by atoms with van der Waals surface area (Å²) in [7, 11) is 0. The van der Waals surface area contributed by atoms with Crippen molar-refractivity contribution in [1.29, 1.82) is 0 Å². The Hall–Kier alpha value is -1.79. The van der Waals surface area contributed by atoms with E-state index >= 15 is 0 Å². The summed E-state index contributed by atoms with van der Waals surface area (Å²) in [6.07, 6.45) is 0. The summed E-state index contributed by atoms with van der Waals surface area (Å²) in [6.45, 7) is 0. The molecule has 82 valence electrons. The molecule has 0 unspecified atom stereocenters. The predicted molar refractivity (Wildman–Crippen MR) is 74.4 cm³/mol. The molecular weight excluding hydrogens is 228 g/mol. The van der Waals surface area contributed by atoms with Crippen molar-refractivity contribution in [3.05, 3.63) is 71.8 Å². The summed E-state index contributed by atoms with van der Waals surface area (Å²) in [5, 5.41) is 3.20. The second kappa shape index (κ2) is 4.23. The van der Waals surface area contributed by atoms with E-state index in [2.05, 4.69) is 48.5 Å². The SMILES string of the molecule is Clc1ccc2c(-c3ccccc3)cccc2c1. The highest BCUT2D eigenvalue weighted by molar-refractivity contribution is 6.31. The highest BCUT2D eigenvalue weighted by Crippen LogP contribution is 2.29. The van der Waals surface area contributed by atoms with E-state index < -0.39 is 0 Å². The summed E-state index contributed by atoms with van der Waals surface area (Å²) < 4.78 is 0. The second-order valence-corrected chi connectivity index (χ2v) is 4.47. The van der Waals surface area contributed by atoms with Crippen LogP contribution in [0.25, 0.3) is 21.9 Å². The fourth-order valence-electron chi connectivity index (χ4n) is 2.12. The van der Waals surface area contributed by atoms with E-state index in [0.717, 1.165) is 5.02 Å². The number of hydrogen-bond donors (Lipinski definition) is 0. The van der Waals surface area contributed by atoms with Gasteiger partial charge in [0.15, 0.2) is 0 Å². The zero-order valence-corrected chi connectivity index (χ0v) is 9.98. The minimum Gasteiger partial charge on any atom is -0.0843 e. The van der Waals surface area contributed by atoms with Crippen molar-refractivity contribution in [1.82, 2.24) is 0 Å². The molecule has 0 saturated carbocycles. The van der Waals surface area contributed by atoms with E-state index in [4.69, 9.17) is 11.6 Å². The van der Waals surface area contributed by atoms with Gasteiger partial charge in [-0.3, -0.25) is 0 Å². The van der Waals surface area contributed by atoms with Crippen LogP contribution in [-0.2, 0) is 0 Å². The summed E-state index contributed by atoms with van der Waals surface area (Å²) in [4.78, 5) is 0. The number of halogens is 1. The molecule has 0 N–H and O–H groups in total. The number of fused-ring (bicyclic) bond motifs is 1. The monoisotopic (exact) mass is 238 g/mol. The standard InChI is InChI=1S/C16H11Cl/c17-14-9-10-16-13(11-14)7-4-8-15(16)12-5-2-1-3-6-12/h1-11H. The van der Waals surface area contributed by atoms with Crippen LogP contribution in [0.1, 0.15) is 0 Å². The van der Waals surface area contributed by atoms with Crippen LogP contribution in [0.3, 0.4) is 0 Å². The summed E-state index contributed by atoms with van der Waals surface area (Å²) in [6, 6.07) is 22.7. The van der Waals surface area contributed by atoms with Crippen molar-refractivity contribution in [2.75, 3.05) is 0 Å². The molecule has 0 fully saturated rings. The highest BCUT2D eigenvalue weighted by Gasteiger charge is 2.03. The van der Waals surface area contributed by atoms with Crippen molar-refractivity contribution in [2.24, 2.45) is 0 Å². The molecular formula is C16H11Cl. The van der Waals surface area contributed by atoms with Crippen LogP contribution in [0.5, 0.6) is 0 Å². The third-order valence-electron chi connectivity index (χ3n) is 2.93. The molecule has 0 nitrogen and oxygen atoms in total. The van der Waals surface area contributed by atoms with Gasteiger partial charge in [0.1, 0.15) is 0 Å². The van der Waals surface area contributed by atoms with Crippen molar-refractivity contribution in [3.8, 4) is 11.1 Å². The first kappa shape index (κ1) is 10.4. The van der Waals surface area contributed by atoms with Crippen LogP contribution < -0.4 is 0 Å². The lowest BCUT2D eigenvalue weighted by Gasteiger charge is -2.06. The van der Waals surface area contributed by atoms with Gasteiger partial charge < -0.3 is 0 Å². The molecule has 3 aromatic rings. The Morgan fingerprint density at radius 3 is 2.35 bits per heavy atom. The number of hydrogen-bond acceptors (Lipinski definition) is 0. The van der Waals surface area contributed by atoms with Crippen LogP contribution in [0.2, 0.25) is 5.02 Å². The van der Waals surface area contributed by atoms with Gasteiger partial charge in [0.05, 0.1) is 0 Å². The topological polar surface area (TPSA) is 0 Å². The van der Waals surface area contributed by atoms with Crippen molar-refractivity contribution >= 4 is 22.4 Å². The molecule has 0 aliphatic rings. The lowest BCUT2D eigenvalue weighted by molar-refractivity contribution is 1.65. The normalized spacial score (nSPS) is 10.6. The van der Waals surface area contributed by atoms with Gasteiger partial charge >= 0.3 is 0 Å². The van der Waals surface area contributed by atoms with E-state index in [1.807, 2.05) is 18.2 Å². The first-order valence-corrected chi connectivity index (χ1v) is 5.96. The van der Waals surface area contributed by atoms with Crippen molar-refractivity contribution < 1.29 is 0 Å². The molecule has 0 bridgehead atoms. The molecule has 0 aliphatic carbocycles. The molecule has 0 spiro atoms. The van der Waals surface area contributed by atoms with Crippen LogP contribution in [0, 0.1) is 0 Å². The smallest absolute Gasteiger partial charge is 0.0412 e. The van der Waals surface area contributed by atoms with Gasteiger partial charge in [0.2, 0.25) is 0 Å². The van der Waals surface area contributed by atoms with E-state index in [-0.39, 0.29) is 0 Å². The van der Waals surface area contributed by atoms with Gasteiger partial charge in [-0.1, -0.05) is 66.2 Å². The van der Waals surface area contributed by atoms with Gasteiger partial charge in [0.25, 0.3) is 0 Å². The lowest BCUT2D eigenvalue weighted by atomic mass is 9.98. The fraction of sp³-hybridized carbons (Fsp3) is 0. The van der Waals surface area contributed by atoms with Gasteiger partial charge in [-0.15, -0.1) is 0 Å². The number of rotatable bonds is 1. The van der Waals surface area contributed by atoms with E-state index in [9.17, 15) is 0 Å². The maximum absolute atomic E-state index is 6.02. The van der Waals surface area contributed by atoms with Crippen molar-refractivity contribution in [2.45, 2.75) is 0 Å². The second-order valence-electron chi connectivity index (χ2n) is 4.04. The Kier molecular flexibility index (Phi) is 2.58. The Labute approximate surface area is 105 Å². The Morgan fingerprint density at radius 2 is 1.53 bits per heavy atom. The molecule has 0 saturated heterocycles. The Bertz CT molecular complexity index is 657. The Morgan fingerprint density at radius 1 is 0.706 bits per heavy atom. The fourth-order valence-corrected chi connectivity index (χ4v) is 2.30. The summed E-state index contributed by atoms with van der Waals surface area (Å²) >= 11 is 6.02. The molecule has 3 rings (SSSR count). The summed E-state index contributed by atoms with van der Waals surface area (Å²) in [5.41, 5.74) is 2.49. The minimum atomic E-state index is 0.780. The maximum atomic E-state index is 6.02. The molecule has 0 aliphatic heterocycles. The van der Waals surface area contributed by atoms with Crippen LogP contribution in [0.4, 0.5) is 0 Å². The van der Waals surface area contributed by atoms with Gasteiger partial charge in [0, 0.05) is 5.02 Å². The van der Waals surface area contributed by atoms with Crippen LogP contribution in [0.15, 0.2) is 66.7 Å². The minimum absolute atomic E-state index is 0.780. The van der Waals surface area contributed by atoms with E-state index in [0.29, 0.717) is 0 Å². The lowest BCUT2D eigenvalue weighted by Crippen LogP contribution is -1.80. The van der Waals surface area contributed by atoms with Gasteiger partial charge in [-0.2, -0.15) is 0 Å². The zero-order valence-electron chi connectivity index (χ0n) is 9.23.